The molecule has 0 atom stereocenters. The van der Waals surface area contributed by atoms with Gasteiger partial charge < -0.3 is 9.33 Å². The lowest BCUT2D eigenvalue weighted by molar-refractivity contribution is 0.149. The Balaban J connectivity index is 1.91. The summed E-state index contributed by atoms with van der Waals surface area (Å²) in [7, 11) is -1.63. The summed E-state index contributed by atoms with van der Waals surface area (Å²) in [6.45, 7) is 13.5. The molecule has 1 fully saturated rings. The van der Waals surface area contributed by atoms with E-state index in [1.807, 2.05) is 12.3 Å². The molecule has 19 heavy (non-hydrogen) atoms. The third-order valence-corrected chi connectivity index (χ3v) is 9.16. The molecule has 1 aromatic heterocycles. The molecule has 0 bridgehead atoms. The molecule has 0 saturated carbocycles. The minimum absolute atomic E-state index is 0.285. The van der Waals surface area contributed by atoms with Crippen molar-refractivity contribution in [3.8, 4) is 0 Å². The third-order valence-electron chi connectivity index (χ3n) is 4.19. The highest BCUT2D eigenvalue weighted by Gasteiger charge is 2.41. The number of hydrogen-bond donors (Lipinski definition) is 0. The molecule has 1 aliphatic heterocycles. The van der Waals surface area contributed by atoms with Crippen LogP contribution in [0.5, 0.6) is 0 Å². The molecule has 0 radical (unpaired) electrons. The summed E-state index contributed by atoms with van der Waals surface area (Å²) in [6.07, 6.45) is 2.22. The highest BCUT2D eigenvalue weighted by Crippen LogP contribution is 2.38. The number of halogens is 1. The highest BCUT2D eigenvalue weighted by molar-refractivity contribution is 9.10. The lowest BCUT2D eigenvalue weighted by atomic mass is 10.1. The first-order chi connectivity index (χ1) is 8.69. The van der Waals surface area contributed by atoms with Crippen LogP contribution in [0.4, 0.5) is 5.69 Å². The Hall–Kier alpha value is -0.393. The van der Waals surface area contributed by atoms with Gasteiger partial charge in [-0.25, -0.2) is 4.98 Å². The average molecular weight is 343 g/mol. The van der Waals surface area contributed by atoms with E-state index in [-0.39, 0.29) is 5.04 Å². The Morgan fingerprint density at radius 2 is 2.00 bits per heavy atom. The van der Waals surface area contributed by atoms with Gasteiger partial charge in [0.2, 0.25) is 0 Å². The number of anilines is 1. The van der Waals surface area contributed by atoms with Gasteiger partial charge in [-0.15, -0.1) is 0 Å². The summed E-state index contributed by atoms with van der Waals surface area (Å²) in [6, 6.07) is 4.11. The first-order valence-corrected chi connectivity index (χ1v) is 10.4. The third kappa shape index (κ3) is 3.38. The second-order valence-electron chi connectivity index (χ2n) is 6.74. The zero-order valence-corrected chi connectivity index (χ0v) is 15.0. The SMILES string of the molecule is CC(C)(C)[Si](C)(C)OC1CN(c2ccnc(Br)c2)C1. The van der Waals surface area contributed by atoms with E-state index in [0.29, 0.717) is 6.10 Å². The molecule has 0 N–H and O–H groups in total. The van der Waals surface area contributed by atoms with Gasteiger partial charge in [0.15, 0.2) is 8.32 Å². The lowest BCUT2D eigenvalue weighted by Crippen LogP contribution is -2.57. The molecule has 5 heteroatoms. The van der Waals surface area contributed by atoms with Crippen LogP contribution in [0.15, 0.2) is 22.9 Å². The molecular weight excluding hydrogens is 320 g/mol. The van der Waals surface area contributed by atoms with Crippen molar-refractivity contribution in [2.45, 2.75) is 45.0 Å². The Morgan fingerprint density at radius 1 is 1.37 bits per heavy atom. The predicted molar refractivity (Wildman–Crippen MR) is 86.2 cm³/mol. The Kier molecular flexibility index (Phi) is 4.09. The van der Waals surface area contributed by atoms with E-state index >= 15 is 0 Å². The summed E-state index contributed by atoms with van der Waals surface area (Å²) in [4.78, 5) is 6.49. The zero-order valence-electron chi connectivity index (χ0n) is 12.4. The normalized spacial score (nSPS) is 17.5. The molecule has 0 unspecified atom stereocenters. The Labute approximate surface area is 125 Å². The Morgan fingerprint density at radius 3 is 2.53 bits per heavy atom. The van der Waals surface area contributed by atoms with E-state index in [2.05, 4.69) is 65.7 Å². The van der Waals surface area contributed by atoms with Crippen LogP contribution >= 0.6 is 15.9 Å². The van der Waals surface area contributed by atoms with Gasteiger partial charge in [-0.2, -0.15) is 0 Å². The van der Waals surface area contributed by atoms with Gasteiger partial charge in [-0.05, 0) is 46.2 Å². The van der Waals surface area contributed by atoms with Crippen LogP contribution in [0.2, 0.25) is 18.1 Å². The summed E-state index contributed by atoms with van der Waals surface area (Å²) < 4.78 is 7.28. The summed E-state index contributed by atoms with van der Waals surface area (Å²) in [5.74, 6) is 0. The minimum atomic E-state index is -1.63. The van der Waals surface area contributed by atoms with E-state index in [0.717, 1.165) is 17.7 Å². The fourth-order valence-corrected chi connectivity index (χ4v) is 3.59. The molecule has 106 valence electrons. The van der Waals surface area contributed by atoms with Gasteiger partial charge in [0.05, 0.1) is 6.10 Å². The van der Waals surface area contributed by atoms with Gasteiger partial charge in [0.1, 0.15) is 4.60 Å². The summed E-state index contributed by atoms with van der Waals surface area (Å²) in [5, 5.41) is 0.285. The first kappa shape index (κ1) is 15.0. The fraction of sp³-hybridized carbons (Fsp3) is 0.643. The fourth-order valence-electron chi connectivity index (χ4n) is 1.91. The van der Waals surface area contributed by atoms with E-state index < -0.39 is 8.32 Å². The molecule has 1 saturated heterocycles. The van der Waals surface area contributed by atoms with Crippen LogP contribution < -0.4 is 4.90 Å². The summed E-state index contributed by atoms with van der Waals surface area (Å²) >= 11 is 3.41. The van der Waals surface area contributed by atoms with E-state index in [9.17, 15) is 0 Å². The van der Waals surface area contributed by atoms with Gasteiger partial charge >= 0.3 is 0 Å². The number of pyridine rings is 1. The van der Waals surface area contributed by atoms with Crippen molar-refractivity contribution in [1.29, 1.82) is 0 Å². The molecule has 0 amide bonds. The smallest absolute Gasteiger partial charge is 0.192 e. The van der Waals surface area contributed by atoms with Crippen molar-refractivity contribution in [3.05, 3.63) is 22.9 Å². The van der Waals surface area contributed by atoms with Gasteiger partial charge in [-0.1, -0.05) is 20.8 Å². The predicted octanol–water partition coefficient (Wildman–Crippen LogP) is 4.05. The molecular formula is C14H23BrN2OSi. The molecule has 0 spiro atoms. The largest absolute Gasteiger partial charge is 0.410 e. The van der Waals surface area contributed by atoms with Crippen LogP contribution in [0.3, 0.4) is 0 Å². The minimum Gasteiger partial charge on any atom is -0.410 e. The van der Waals surface area contributed by atoms with Gasteiger partial charge in [0.25, 0.3) is 0 Å². The lowest BCUT2D eigenvalue weighted by Gasteiger charge is -2.47. The second-order valence-corrected chi connectivity index (χ2v) is 12.3. The molecule has 1 aliphatic rings. The number of rotatable bonds is 3. The van der Waals surface area contributed by atoms with Crippen molar-refractivity contribution in [2.75, 3.05) is 18.0 Å². The molecule has 0 aromatic carbocycles. The number of aromatic nitrogens is 1. The van der Waals surface area contributed by atoms with E-state index in [4.69, 9.17) is 4.43 Å². The van der Waals surface area contributed by atoms with Crippen LogP contribution in [0.1, 0.15) is 20.8 Å². The topological polar surface area (TPSA) is 25.4 Å². The maximum absolute atomic E-state index is 6.39. The average Bonchev–Trinajstić information content (AvgIpc) is 2.21. The first-order valence-electron chi connectivity index (χ1n) is 6.73. The maximum atomic E-state index is 6.39. The quantitative estimate of drug-likeness (QED) is 0.611. The number of hydrogen-bond acceptors (Lipinski definition) is 3. The van der Waals surface area contributed by atoms with Crippen molar-refractivity contribution in [3.63, 3.8) is 0 Å². The second kappa shape index (κ2) is 5.18. The molecule has 0 aliphatic carbocycles. The molecule has 1 aromatic rings. The standard InChI is InChI=1S/C14H23BrN2OSi/c1-14(2,3)19(4,5)18-12-9-17(10-12)11-6-7-16-13(15)8-11/h6-8,12H,9-10H2,1-5H3. The van der Waals surface area contributed by atoms with Crippen LogP contribution in [0, 0.1) is 0 Å². The summed E-state index contributed by atoms with van der Waals surface area (Å²) in [5.41, 5.74) is 1.22. The van der Waals surface area contributed by atoms with Crippen molar-refractivity contribution in [2.24, 2.45) is 0 Å². The van der Waals surface area contributed by atoms with Crippen molar-refractivity contribution >= 4 is 29.9 Å². The Bertz CT molecular complexity index is 453. The van der Waals surface area contributed by atoms with E-state index in [1.165, 1.54) is 5.69 Å². The molecule has 2 rings (SSSR count). The highest BCUT2D eigenvalue weighted by atomic mass is 79.9. The van der Waals surface area contributed by atoms with Crippen LogP contribution in [0.25, 0.3) is 0 Å². The number of nitrogens with zero attached hydrogens (tertiary/aromatic N) is 2. The molecule has 3 nitrogen and oxygen atoms in total. The van der Waals surface area contributed by atoms with Gasteiger partial charge in [-0.3, -0.25) is 0 Å². The van der Waals surface area contributed by atoms with Crippen LogP contribution in [-0.4, -0.2) is 32.5 Å². The van der Waals surface area contributed by atoms with Crippen LogP contribution in [-0.2, 0) is 4.43 Å². The maximum Gasteiger partial charge on any atom is 0.192 e. The van der Waals surface area contributed by atoms with E-state index in [1.54, 1.807) is 0 Å². The van der Waals surface area contributed by atoms with Crippen molar-refractivity contribution in [1.82, 2.24) is 4.98 Å². The zero-order chi connectivity index (χ0) is 14.3. The molecule has 2 heterocycles. The van der Waals surface area contributed by atoms with Crippen molar-refractivity contribution < 1.29 is 4.43 Å². The monoisotopic (exact) mass is 342 g/mol. The van der Waals surface area contributed by atoms with Gasteiger partial charge in [0, 0.05) is 25.0 Å².